The molecule has 2 nitrogen and oxygen atoms in total. The SMILES string of the molecule is CCCCOC(=O)[C@H]1CC[C@@H](C2CCC([C@H]3CC[C@H](CC)CC3)CC2)CC1. The van der Waals surface area contributed by atoms with Crippen LogP contribution in [0.2, 0.25) is 0 Å². The summed E-state index contributed by atoms with van der Waals surface area (Å²) in [6.07, 6.45) is 20.1. The van der Waals surface area contributed by atoms with Gasteiger partial charge in [-0.1, -0.05) is 39.5 Å². The standard InChI is InChI=1S/C25H44O2/c1-3-5-18-27-25(26)24-16-14-23(15-17-24)22-12-10-21(11-13-22)20-8-6-19(4-2)7-9-20/h19-24H,3-18H2,1-2H3/t19-,20-,21?,22?,23-,24+. The second-order valence-electron chi connectivity index (χ2n) is 10.00. The van der Waals surface area contributed by atoms with E-state index >= 15 is 0 Å². The average Bonchev–Trinajstić information content (AvgIpc) is 2.74. The Kier molecular flexibility index (Phi) is 8.52. The van der Waals surface area contributed by atoms with E-state index in [-0.39, 0.29) is 11.9 Å². The van der Waals surface area contributed by atoms with E-state index in [1.54, 1.807) is 0 Å². The van der Waals surface area contributed by atoms with Gasteiger partial charge in [0, 0.05) is 0 Å². The molecule has 156 valence electrons. The Balaban J connectivity index is 1.34. The zero-order valence-electron chi connectivity index (χ0n) is 18.1. The van der Waals surface area contributed by atoms with Crippen LogP contribution < -0.4 is 0 Å². The third-order valence-corrected chi connectivity index (χ3v) is 8.47. The fraction of sp³-hybridized carbons (Fsp3) is 0.960. The van der Waals surface area contributed by atoms with Crippen LogP contribution in [0.4, 0.5) is 0 Å². The van der Waals surface area contributed by atoms with Crippen molar-refractivity contribution in [1.82, 2.24) is 0 Å². The molecule has 0 aromatic rings. The number of carbonyl (C=O) groups excluding carboxylic acids is 1. The summed E-state index contributed by atoms with van der Waals surface area (Å²) in [5.74, 6) is 5.23. The van der Waals surface area contributed by atoms with Gasteiger partial charge in [-0.05, 0) is 100 Å². The number of carbonyl (C=O) groups is 1. The van der Waals surface area contributed by atoms with E-state index in [1.165, 1.54) is 70.6 Å². The number of hydrogen-bond acceptors (Lipinski definition) is 2. The van der Waals surface area contributed by atoms with Gasteiger partial charge in [0.05, 0.1) is 12.5 Å². The van der Waals surface area contributed by atoms with Crippen LogP contribution >= 0.6 is 0 Å². The Labute approximate surface area is 168 Å². The molecule has 3 saturated carbocycles. The maximum Gasteiger partial charge on any atom is 0.308 e. The van der Waals surface area contributed by atoms with Crippen LogP contribution in [-0.2, 0) is 9.53 Å². The van der Waals surface area contributed by atoms with Crippen LogP contribution in [0.5, 0.6) is 0 Å². The van der Waals surface area contributed by atoms with E-state index in [4.69, 9.17) is 4.74 Å². The zero-order valence-corrected chi connectivity index (χ0v) is 18.1. The number of esters is 1. The first-order valence-electron chi connectivity index (χ1n) is 12.4. The lowest BCUT2D eigenvalue weighted by molar-refractivity contribution is -0.150. The zero-order chi connectivity index (χ0) is 19.1. The topological polar surface area (TPSA) is 26.3 Å². The monoisotopic (exact) mass is 376 g/mol. The van der Waals surface area contributed by atoms with Crippen molar-refractivity contribution in [3.05, 3.63) is 0 Å². The fourth-order valence-corrected chi connectivity index (χ4v) is 6.42. The molecule has 3 aliphatic carbocycles. The molecule has 0 atom stereocenters. The van der Waals surface area contributed by atoms with Crippen molar-refractivity contribution < 1.29 is 9.53 Å². The normalized spacial score (nSPS) is 37.7. The van der Waals surface area contributed by atoms with E-state index in [9.17, 15) is 4.79 Å². The van der Waals surface area contributed by atoms with Gasteiger partial charge in [-0.25, -0.2) is 0 Å². The fourth-order valence-electron chi connectivity index (χ4n) is 6.42. The van der Waals surface area contributed by atoms with Crippen LogP contribution in [0, 0.1) is 35.5 Å². The van der Waals surface area contributed by atoms with Gasteiger partial charge in [0.1, 0.15) is 0 Å². The summed E-state index contributed by atoms with van der Waals surface area (Å²) in [6, 6.07) is 0. The molecule has 2 heteroatoms. The summed E-state index contributed by atoms with van der Waals surface area (Å²) >= 11 is 0. The lowest BCUT2D eigenvalue weighted by Crippen LogP contribution is -2.31. The van der Waals surface area contributed by atoms with Crippen molar-refractivity contribution in [2.75, 3.05) is 6.61 Å². The third-order valence-electron chi connectivity index (χ3n) is 8.47. The van der Waals surface area contributed by atoms with E-state index < -0.39 is 0 Å². The summed E-state index contributed by atoms with van der Waals surface area (Å²) < 4.78 is 5.46. The summed E-state index contributed by atoms with van der Waals surface area (Å²) in [7, 11) is 0. The lowest BCUT2D eigenvalue weighted by atomic mass is 9.65. The number of hydrogen-bond donors (Lipinski definition) is 0. The van der Waals surface area contributed by atoms with Crippen molar-refractivity contribution in [2.45, 2.75) is 110 Å². The van der Waals surface area contributed by atoms with E-state index in [0.717, 1.165) is 55.3 Å². The molecular formula is C25H44O2. The molecule has 0 aliphatic heterocycles. The molecule has 0 heterocycles. The first-order chi connectivity index (χ1) is 13.2. The second kappa shape index (κ2) is 10.9. The van der Waals surface area contributed by atoms with Crippen LogP contribution in [0.1, 0.15) is 110 Å². The summed E-state index contributed by atoms with van der Waals surface area (Å²) in [5.41, 5.74) is 0. The highest BCUT2D eigenvalue weighted by Gasteiger charge is 2.35. The highest BCUT2D eigenvalue weighted by Crippen LogP contribution is 2.46. The minimum absolute atomic E-state index is 0.0910. The maximum atomic E-state index is 12.2. The molecule has 0 amide bonds. The Morgan fingerprint density at radius 3 is 1.59 bits per heavy atom. The number of ether oxygens (including phenoxy) is 1. The van der Waals surface area contributed by atoms with E-state index in [2.05, 4.69) is 13.8 Å². The predicted molar refractivity (Wildman–Crippen MR) is 113 cm³/mol. The van der Waals surface area contributed by atoms with Crippen LogP contribution in [0.25, 0.3) is 0 Å². The molecule has 3 fully saturated rings. The van der Waals surface area contributed by atoms with Gasteiger partial charge in [-0.15, -0.1) is 0 Å². The largest absolute Gasteiger partial charge is 0.465 e. The van der Waals surface area contributed by atoms with Crippen molar-refractivity contribution in [3.8, 4) is 0 Å². The third kappa shape index (κ3) is 5.97. The van der Waals surface area contributed by atoms with Gasteiger partial charge in [-0.3, -0.25) is 4.79 Å². The minimum atomic E-state index is 0.0910. The van der Waals surface area contributed by atoms with Crippen LogP contribution in [0.15, 0.2) is 0 Å². The predicted octanol–water partition coefficient (Wildman–Crippen LogP) is 7.16. The number of unbranched alkanes of at least 4 members (excludes halogenated alkanes) is 1. The van der Waals surface area contributed by atoms with Gasteiger partial charge in [-0.2, -0.15) is 0 Å². The molecule has 27 heavy (non-hydrogen) atoms. The van der Waals surface area contributed by atoms with Gasteiger partial charge in [0.15, 0.2) is 0 Å². The quantitative estimate of drug-likeness (QED) is 0.348. The maximum absolute atomic E-state index is 12.2. The van der Waals surface area contributed by atoms with E-state index in [1.807, 2.05) is 0 Å². The minimum Gasteiger partial charge on any atom is -0.465 e. The molecule has 0 aromatic heterocycles. The summed E-state index contributed by atoms with van der Waals surface area (Å²) in [5, 5.41) is 0. The smallest absolute Gasteiger partial charge is 0.308 e. The Morgan fingerprint density at radius 1 is 0.704 bits per heavy atom. The van der Waals surface area contributed by atoms with Crippen molar-refractivity contribution in [1.29, 1.82) is 0 Å². The van der Waals surface area contributed by atoms with Gasteiger partial charge >= 0.3 is 5.97 Å². The first-order valence-corrected chi connectivity index (χ1v) is 12.4. The van der Waals surface area contributed by atoms with Crippen LogP contribution in [-0.4, -0.2) is 12.6 Å². The van der Waals surface area contributed by atoms with Crippen LogP contribution in [0.3, 0.4) is 0 Å². The van der Waals surface area contributed by atoms with Crippen molar-refractivity contribution in [2.24, 2.45) is 35.5 Å². The Hall–Kier alpha value is -0.530. The molecule has 0 spiro atoms. The lowest BCUT2D eigenvalue weighted by Gasteiger charge is -2.41. The molecule has 0 radical (unpaired) electrons. The molecular weight excluding hydrogens is 332 g/mol. The van der Waals surface area contributed by atoms with Gasteiger partial charge < -0.3 is 4.74 Å². The van der Waals surface area contributed by atoms with Gasteiger partial charge in [0.25, 0.3) is 0 Å². The second-order valence-corrected chi connectivity index (χ2v) is 10.00. The average molecular weight is 377 g/mol. The van der Waals surface area contributed by atoms with Crippen molar-refractivity contribution >= 4 is 5.97 Å². The van der Waals surface area contributed by atoms with Gasteiger partial charge in [0.2, 0.25) is 0 Å². The highest BCUT2D eigenvalue weighted by molar-refractivity contribution is 5.72. The molecule has 0 bridgehead atoms. The molecule has 0 unspecified atom stereocenters. The van der Waals surface area contributed by atoms with E-state index in [0.29, 0.717) is 6.61 Å². The Bertz CT molecular complexity index is 422. The molecule has 0 aromatic carbocycles. The molecule has 3 aliphatic rings. The number of rotatable bonds is 7. The van der Waals surface area contributed by atoms with Crippen molar-refractivity contribution in [3.63, 3.8) is 0 Å². The highest BCUT2D eigenvalue weighted by atomic mass is 16.5. The molecule has 0 N–H and O–H groups in total. The Morgan fingerprint density at radius 2 is 1.15 bits per heavy atom. The molecule has 3 rings (SSSR count). The summed E-state index contributed by atoms with van der Waals surface area (Å²) in [6.45, 7) is 5.14. The first kappa shape index (κ1) is 21.2. The summed E-state index contributed by atoms with van der Waals surface area (Å²) in [4.78, 5) is 12.2. The molecule has 0 saturated heterocycles.